The molecule has 1 heterocycles. The molecule has 5 nitrogen and oxygen atoms in total. The van der Waals surface area contributed by atoms with Crippen molar-refractivity contribution in [3.63, 3.8) is 0 Å². The van der Waals surface area contributed by atoms with Crippen LogP contribution in [0, 0.1) is 0 Å². The first kappa shape index (κ1) is 17.6. The van der Waals surface area contributed by atoms with E-state index in [0.29, 0.717) is 36.6 Å². The quantitative estimate of drug-likeness (QED) is 0.614. The molecule has 3 rings (SSSR count). The molecule has 132 valence electrons. The Morgan fingerprint density at radius 1 is 1.08 bits per heavy atom. The molecular formula is C21H20N2O3. The van der Waals surface area contributed by atoms with Gasteiger partial charge in [-0.3, -0.25) is 14.2 Å². The number of aryl methyl sites for hydroxylation is 1. The van der Waals surface area contributed by atoms with Crippen LogP contribution in [0.4, 0.5) is 0 Å². The van der Waals surface area contributed by atoms with Crippen molar-refractivity contribution in [3.8, 4) is 17.0 Å². The van der Waals surface area contributed by atoms with Gasteiger partial charge in [0, 0.05) is 23.6 Å². The average Bonchev–Trinajstić information content (AvgIpc) is 2.70. The zero-order valence-corrected chi connectivity index (χ0v) is 14.6. The van der Waals surface area contributed by atoms with Crippen molar-refractivity contribution in [1.29, 1.82) is 0 Å². The van der Waals surface area contributed by atoms with Gasteiger partial charge in [-0.05, 0) is 24.3 Å². The minimum absolute atomic E-state index is 0.0874. The van der Waals surface area contributed by atoms with Crippen molar-refractivity contribution in [3.05, 3.63) is 82.4 Å². The minimum Gasteiger partial charge on any atom is -0.492 e. The molecule has 0 saturated carbocycles. The van der Waals surface area contributed by atoms with E-state index in [4.69, 9.17) is 4.74 Å². The highest BCUT2D eigenvalue weighted by Gasteiger charge is 2.09. The van der Waals surface area contributed by atoms with E-state index in [1.807, 2.05) is 37.3 Å². The van der Waals surface area contributed by atoms with Crippen LogP contribution in [0.5, 0.6) is 5.75 Å². The molecule has 0 aliphatic heterocycles. The van der Waals surface area contributed by atoms with E-state index in [1.165, 1.54) is 0 Å². The van der Waals surface area contributed by atoms with Crippen LogP contribution < -0.4 is 10.3 Å². The molecule has 0 aliphatic rings. The van der Waals surface area contributed by atoms with E-state index in [2.05, 4.69) is 4.98 Å². The molecule has 0 bridgehead atoms. The molecule has 0 amide bonds. The zero-order chi connectivity index (χ0) is 18.4. The van der Waals surface area contributed by atoms with Gasteiger partial charge in [-0.2, -0.15) is 0 Å². The van der Waals surface area contributed by atoms with Crippen LogP contribution in [0.3, 0.4) is 0 Å². The number of aromatic nitrogens is 2. The second-order valence-corrected chi connectivity index (χ2v) is 5.80. The lowest BCUT2D eigenvalue weighted by Crippen LogP contribution is -2.27. The Balaban J connectivity index is 1.74. The van der Waals surface area contributed by atoms with Gasteiger partial charge < -0.3 is 4.74 Å². The van der Waals surface area contributed by atoms with Crippen LogP contribution in [-0.2, 0) is 13.0 Å². The molecular weight excluding hydrogens is 328 g/mol. The molecule has 0 aliphatic carbocycles. The number of carbonyl (C=O) groups excluding carboxylic acids is 1. The number of nitrogens with zero attached hydrogens (tertiary/aromatic N) is 2. The van der Waals surface area contributed by atoms with Crippen LogP contribution in [0.1, 0.15) is 23.1 Å². The summed E-state index contributed by atoms with van der Waals surface area (Å²) in [6.45, 7) is 2.74. The Morgan fingerprint density at radius 2 is 1.81 bits per heavy atom. The van der Waals surface area contributed by atoms with Crippen LogP contribution >= 0.6 is 0 Å². The molecule has 26 heavy (non-hydrogen) atoms. The lowest BCUT2D eigenvalue weighted by atomic mass is 10.1. The second kappa shape index (κ2) is 8.25. The summed E-state index contributed by atoms with van der Waals surface area (Å²) in [6, 6.07) is 18.1. The Bertz CT molecular complexity index is 932. The molecule has 3 aromatic rings. The number of carbonyl (C=O) groups is 1. The summed E-state index contributed by atoms with van der Waals surface area (Å²) in [5.74, 6) is 1.40. The largest absolute Gasteiger partial charge is 0.492 e. The van der Waals surface area contributed by atoms with Gasteiger partial charge >= 0.3 is 0 Å². The molecule has 0 atom stereocenters. The third kappa shape index (κ3) is 4.06. The summed E-state index contributed by atoms with van der Waals surface area (Å²) in [7, 11) is 0. The number of ether oxygens (including phenoxy) is 1. The highest BCUT2D eigenvalue weighted by molar-refractivity contribution is 5.74. The van der Waals surface area contributed by atoms with Gasteiger partial charge in [0.15, 0.2) is 0 Å². The van der Waals surface area contributed by atoms with Gasteiger partial charge in [0.2, 0.25) is 0 Å². The van der Waals surface area contributed by atoms with Crippen molar-refractivity contribution in [2.45, 2.75) is 19.9 Å². The first-order chi connectivity index (χ1) is 12.7. The monoisotopic (exact) mass is 348 g/mol. The molecule has 0 unspecified atom stereocenters. The van der Waals surface area contributed by atoms with Crippen molar-refractivity contribution in [2.24, 2.45) is 0 Å². The molecule has 0 saturated heterocycles. The van der Waals surface area contributed by atoms with Crippen LogP contribution in [0.15, 0.2) is 65.5 Å². The SMILES string of the molecule is CCc1nc(-c2ccccc2)cc(=O)n1CCOc1ccc(C=O)cc1. The third-order valence-corrected chi connectivity index (χ3v) is 4.07. The number of benzene rings is 2. The van der Waals surface area contributed by atoms with Crippen molar-refractivity contribution in [2.75, 3.05) is 6.61 Å². The molecule has 0 N–H and O–H groups in total. The summed E-state index contributed by atoms with van der Waals surface area (Å²) in [4.78, 5) is 27.9. The lowest BCUT2D eigenvalue weighted by Gasteiger charge is -2.13. The summed E-state index contributed by atoms with van der Waals surface area (Å²) < 4.78 is 7.32. The number of rotatable bonds is 7. The van der Waals surface area contributed by atoms with Crippen LogP contribution in [-0.4, -0.2) is 22.4 Å². The first-order valence-corrected chi connectivity index (χ1v) is 8.55. The number of aldehydes is 1. The van der Waals surface area contributed by atoms with E-state index in [9.17, 15) is 9.59 Å². The lowest BCUT2D eigenvalue weighted by molar-refractivity contribution is 0.112. The molecule has 0 spiro atoms. The van der Waals surface area contributed by atoms with Crippen LogP contribution in [0.25, 0.3) is 11.3 Å². The van der Waals surface area contributed by atoms with E-state index in [1.54, 1.807) is 34.9 Å². The van der Waals surface area contributed by atoms with Crippen molar-refractivity contribution >= 4 is 6.29 Å². The molecule has 0 fully saturated rings. The standard InChI is InChI=1S/C21H20N2O3/c1-2-20-22-19(17-6-4-3-5-7-17)14-21(25)23(20)12-13-26-18-10-8-16(15-24)9-11-18/h3-11,14-15H,2,12-13H2,1H3. The maximum absolute atomic E-state index is 12.5. The Morgan fingerprint density at radius 3 is 2.46 bits per heavy atom. The smallest absolute Gasteiger partial charge is 0.254 e. The van der Waals surface area contributed by atoms with E-state index in [0.717, 1.165) is 17.7 Å². The Hall–Kier alpha value is -3.21. The van der Waals surface area contributed by atoms with E-state index >= 15 is 0 Å². The van der Waals surface area contributed by atoms with Crippen LogP contribution in [0.2, 0.25) is 0 Å². The predicted molar refractivity (Wildman–Crippen MR) is 101 cm³/mol. The summed E-state index contributed by atoms with van der Waals surface area (Å²) in [6.07, 6.45) is 1.45. The third-order valence-electron chi connectivity index (χ3n) is 4.07. The van der Waals surface area contributed by atoms with Gasteiger partial charge in [0.1, 0.15) is 24.5 Å². The van der Waals surface area contributed by atoms with E-state index in [-0.39, 0.29) is 5.56 Å². The summed E-state index contributed by atoms with van der Waals surface area (Å²) in [5, 5.41) is 0. The maximum Gasteiger partial charge on any atom is 0.254 e. The number of hydrogen-bond acceptors (Lipinski definition) is 4. The fourth-order valence-electron chi connectivity index (χ4n) is 2.72. The molecule has 0 radical (unpaired) electrons. The highest BCUT2D eigenvalue weighted by Crippen LogP contribution is 2.15. The fraction of sp³-hybridized carbons (Fsp3) is 0.190. The summed E-state index contributed by atoms with van der Waals surface area (Å²) >= 11 is 0. The van der Waals surface area contributed by atoms with Gasteiger partial charge in [0.25, 0.3) is 5.56 Å². The normalized spacial score (nSPS) is 10.5. The van der Waals surface area contributed by atoms with Gasteiger partial charge in [-0.25, -0.2) is 4.98 Å². The highest BCUT2D eigenvalue weighted by atomic mass is 16.5. The van der Waals surface area contributed by atoms with Crippen molar-refractivity contribution < 1.29 is 9.53 Å². The topological polar surface area (TPSA) is 61.2 Å². The molecule has 5 heteroatoms. The van der Waals surface area contributed by atoms with Gasteiger partial charge in [0.05, 0.1) is 12.2 Å². The summed E-state index contributed by atoms with van der Waals surface area (Å²) in [5.41, 5.74) is 2.13. The van der Waals surface area contributed by atoms with Crippen molar-refractivity contribution in [1.82, 2.24) is 9.55 Å². The Labute approximate surface area is 151 Å². The average molecular weight is 348 g/mol. The number of hydrogen-bond donors (Lipinski definition) is 0. The molecule has 2 aromatic carbocycles. The fourth-order valence-corrected chi connectivity index (χ4v) is 2.72. The predicted octanol–water partition coefficient (Wildman–Crippen LogP) is 3.36. The maximum atomic E-state index is 12.5. The molecule has 1 aromatic heterocycles. The Kier molecular flexibility index (Phi) is 5.59. The minimum atomic E-state index is -0.0874. The van der Waals surface area contributed by atoms with Gasteiger partial charge in [-0.1, -0.05) is 37.3 Å². The second-order valence-electron chi connectivity index (χ2n) is 5.80. The first-order valence-electron chi connectivity index (χ1n) is 8.55. The van der Waals surface area contributed by atoms with Gasteiger partial charge in [-0.15, -0.1) is 0 Å². The van der Waals surface area contributed by atoms with E-state index < -0.39 is 0 Å². The zero-order valence-electron chi connectivity index (χ0n) is 14.6.